The first-order chi connectivity index (χ1) is 8.61. The molecule has 0 aromatic rings. The van der Waals surface area contributed by atoms with Gasteiger partial charge in [-0.25, -0.2) is 4.79 Å². The van der Waals surface area contributed by atoms with Gasteiger partial charge in [-0.2, -0.15) is 4.99 Å². The number of carbonyl (C=O) groups excluding carboxylic acids is 2. The van der Waals surface area contributed by atoms with Crippen molar-refractivity contribution in [2.45, 2.75) is 44.2 Å². The van der Waals surface area contributed by atoms with E-state index < -0.39 is 5.54 Å². The number of hydrogen-bond donors (Lipinski definition) is 1. The Kier molecular flexibility index (Phi) is 2.36. The summed E-state index contributed by atoms with van der Waals surface area (Å²) in [6.07, 6.45) is 3.05. The highest BCUT2D eigenvalue weighted by Gasteiger charge is 2.62. The van der Waals surface area contributed by atoms with E-state index in [2.05, 4.69) is 4.99 Å². The molecule has 6 nitrogen and oxygen atoms in total. The molecule has 3 amide bonds. The van der Waals surface area contributed by atoms with Crippen LogP contribution in [-0.4, -0.2) is 52.2 Å². The molecule has 2 N–H and O–H groups in total. The highest BCUT2D eigenvalue weighted by atomic mass is 16.2. The zero-order valence-corrected chi connectivity index (χ0v) is 10.6. The summed E-state index contributed by atoms with van der Waals surface area (Å²) in [5.74, 6) is 0.440. The number of rotatable bonds is 2. The molecule has 0 aromatic carbocycles. The fourth-order valence-electron chi connectivity index (χ4n) is 3.64. The third-order valence-electron chi connectivity index (χ3n) is 4.36. The van der Waals surface area contributed by atoms with Crippen LogP contribution in [0, 0.1) is 0 Å². The van der Waals surface area contributed by atoms with Gasteiger partial charge in [0.05, 0.1) is 12.5 Å². The third kappa shape index (κ3) is 1.20. The molecule has 0 aliphatic carbocycles. The lowest BCUT2D eigenvalue weighted by Crippen LogP contribution is -2.60. The van der Waals surface area contributed by atoms with Crippen molar-refractivity contribution < 1.29 is 9.59 Å². The van der Waals surface area contributed by atoms with E-state index >= 15 is 0 Å². The summed E-state index contributed by atoms with van der Waals surface area (Å²) >= 11 is 0. The standard InChI is InChI=1S/C12H18N4O2/c1-2-5-16-11(18)14-10(13)12(16)7-9(17)15-6-3-4-8(12)15/h8H,2-7H2,1H3,(H2,13,14,18). The van der Waals surface area contributed by atoms with Crippen LogP contribution in [0.25, 0.3) is 0 Å². The molecule has 18 heavy (non-hydrogen) atoms. The summed E-state index contributed by atoms with van der Waals surface area (Å²) in [4.78, 5) is 31.6. The summed E-state index contributed by atoms with van der Waals surface area (Å²) in [7, 11) is 0. The van der Waals surface area contributed by atoms with Gasteiger partial charge in [0.2, 0.25) is 5.91 Å². The zero-order chi connectivity index (χ0) is 12.9. The smallest absolute Gasteiger partial charge is 0.346 e. The van der Waals surface area contributed by atoms with Gasteiger partial charge >= 0.3 is 6.03 Å². The van der Waals surface area contributed by atoms with Gasteiger partial charge in [-0.05, 0) is 19.3 Å². The summed E-state index contributed by atoms with van der Waals surface area (Å²) in [5, 5.41) is 0. The van der Waals surface area contributed by atoms with Crippen molar-refractivity contribution in [3.8, 4) is 0 Å². The first-order valence-electron chi connectivity index (χ1n) is 6.57. The Balaban J connectivity index is 2.04. The van der Waals surface area contributed by atoms with Crippen molar-refractivity contribution in [2.24, 2.45) is 10.7 Å². The quantitative estimate of drug-likeness (QED) is 0.766. The maximum Gasteiger partial charge on any atom is 0.346 e. The van der Waals surface area contributed by atoms with Crippen molar-refractivity contribution in [3.63, 3.8) is 0 Å². The molecule has 3 aliphatic heterocycles. The number of nitrogens with two attached hydrogens (primary N) is 1. The molecule has 98 valence electrons. The van der Waals surface area contributed by atoms with Crippen molar-refractivity contribution in [2.75, 3.05) is 13.1 Å². The first-order valence-corrected chi connectivity index (χ1v) is 6.57. The van der Waals surface area contributed by atoms with E-state index in [1.165, 1.54) is 0 Å². The fraction of sp³-hybridized carbons (Fsp3) is 0.750. The molecule has 2 saturated heterocycles. The van der Waals surface area contributed by atoms with Crippen LogP contribution in [0.1, 0.15) is 32.6 Å². The first kappa shape index (κ1) is 11.5. The molecule has 3 heterocycles. The maximum atomic E-state index is 12.1. The number of aliphatic imine (C=N–C) groups is 1. The van der Waals surface area contributed by atoms with E-state index in [1.807, 2.05) is 11.8 Å². The minimum absolute atomic E-state index is 0.0340. The SMILES string of the molecule is CCCN1C(=O)N=C(N)C12CC(=O)N1CCCC12. The number of urea groups is 1. The second-order valence-corrected chi connectivity index (χ2v) is 5.28. The highest BCUT2D eigenvalue weighted by molar-refractivity contribution is 6.10. The summed E-state index contributed by atoms with van der Waals surface area (Å²) < 4.78 is 0. The predicted molar refractivity (Wildman–Crippen MR) is 66.1 cm³/mol. The summed E-state index contributed by atoms with van der Waals surface area (Å²) in [6, 6.07) is -0.248. The molecule has 3 rings (SSSR count). The Morgan fingerprint density at radius 1 is 1.50 bits per heavy atom. The molecule has 2 atom stereocenters. The van der Waals surface area contributed by atoms with Crippen LogP contribution in [0.5, 0.6) is 0 Å². The van der Waals surface area contributed by atoms with Crippen molar-refractivity contribution in [3.05, 3.63) is 0 Å². The van der Waals surface area contributed by atoms with Gasteiger partial charge in [-0.15, -0.1) is 0 Å². The second-order valence-electron chi connectivity index (χ2n) is 5.28. The van der Waals surface area contributed by atoms with Crippen molar-refractivity contribution >= 4 is 17.8 Å². The Labute approximate surface area is 106 Å². The van der Waals surface area contributed by atoms with E-state index in [4.69, 9.17) is 5.73 Å². The number of amides is 3. The van der Waals surface area contributed by atoms with Gasteiger partial charge in [-0.3, -0.25) is 4.79 Å². The van der Waals surface area contributed by atoms with Crippen LogP contribution in [0.3, 0.4) is 0 Å². The molecule has 0 radical (unpaired) electrons. The molecule has 6 heteroatoms. The number of fused-ring (bicyclic) bond motifs is 2. The van der Waals surface area contributed by atoms with Crippen molar-refractivity contribution in [1.29, 1.82) is 0 Å². The van der Waals surface area contributed by atoms with Crippen LogP contribution in [0.4, 0.5) is 4.79 Å². The molecule has 1 spiro atoms. The zero-order valence-electron chi connectivity index (χ0n) is 10.6. The fourth-order valence-corrected chi connectivity index (χ4v) is 3.64. The van der Waals surface area contributed by atoms with E-state index in [0.29, 0.717) is 18.8 Å². The Morgan fingerprint density at radius 2 is 2.28 bits per heavy atom. The number of hydrogen-bond acceptors (Lipinski definition) is 3. The largest absolute Gasteiger partial charge is 0.385 e. The minimum Gasteiger partial charge on any atom is -0.385 e. The maximum absolute atomic E-state index is 12.1. The van der Waals surface area contributed by atoms with Crippen LogP contribution < -0.4 is 5.73 Å². The van der Waals surface area contributed by atoms with Gasteiger partial charge < -0.3 is 15.5 Å². The van der Waals surface area contributed by atoms with Gasteiger partial charge in [0.1, 0.15) is 11.4 Å². The van der Waals surface area contributed by atoms with Gasteiger partial charge in [-0.1, -0.05) is 6.92 Å². The molecular formula is C12H18N4O2. The molecule has 0 bridgehead atoms. The lowest BCUT2D eigenvalue weighted by atomic mass is 9.86. The third-order valence-corrected chi connectivity index (χ3v) is 4.36. The Hall–Kier alpha value is -1.59. The van der Waals surface area contributed by atoms with E-state index in [0.717, 1.165) is 25.8 Å². The average Bonchev–Trinajstić information content (AvgIpc) is 2.94. The second kappa shape index (κ2) is 3.70. The van der Waals surface area contributed by atoms with Crippen LogP contribution in [0.15, 0.2) is 4.99 Å². The van der Waals surface area contributed by atoms with E-state index in [9.17, 15) is 9.59 Å². The summed E-state index contributed by atoms with van der Waals surface area (Å²) in [5.41, 5.74) is 5.36. The normalized spacial score (nSPS) is 34.7. The lowest BCUT2D eigenvalue weighted by Gasteiger charge is -2.38. The van der Waals surface area contributed by atoms with Crippen LogP contribution in [0.2, 0.25) is 0 Å². The Bertz CT molecular complexity index is 447. The average molecular weight is 250 g/mol. The lowest BCUT2D eigenvalue weighted by molar-refractivity contribution is -0.127. The molecule has 0 saturated carbocycles. The van der Waals surface area contributed by atoms with E-state index in [-0.39, 0.29) is 18.0 Å². The monoisotopic (exact) mass is 250 g/mol. The van der Waals surface area contributed by atoms with Gasteiger partial charge in [0, 0.05) is 13.1 Å². The Morgan fingerprint density at radius 3 is 3.00 bits per heavy atom. The predicted octanol–water partition coefficient (Wildman–Crippen LogP) is 0.323. The number of carbonyl (C=O) groups is 2. The highest BCUT2D eigenvalue weighted by Crippen LogP contribution is 2.43. The van der Waals surface area contributed by atoms with Crippen molar-refractivity contribution in [1.82, 2.24) is 9.80 Å². The van der Waals surface area contributed by atoms with Crippen LogP contribution in [-0.2, 0) is 4.79 Å². The molecular weight excluding hydrogens is 232 g/mol. The molecule has 2 fully saturated rings. The van der Waals surface area contributed by atoms with Crippen LogP contribution >= 0.6 is 0 Å². The molecule has 2 unspecified atom stereocenters. The number of nitrogens with zero attached hydrogens (tertiary/aromatic N) is 3. The number of amidine groups is 1. The van der Waals surface area contributed by atoms with Gasteiger partial charge in [0.25, 0.3) is 0 Å². The summed E-state index contributed by atoms with van der Waals surface area (Å²) in [6.45, 7) is 3.41. The topological polar surface area (TPSA) is 79.0 Å². The molecule has 0 aromatic heterocycles. The molecule has 3 aliphatic rings. The minimum atomic E-state index is -0.652. The van der Waals surface area contributed by atoms with Gasteiger partial charge in [0.15, 0.2) is 0 Å². The van der Waals surface area contributed by atoms with E-state index in [1.54, 1.807) is 4.90 Å².